The Labute approximate surface area is 216 Å². The molecule has 3 aromatic rings. The molecule has 36 heavy (non-hydrogen) atoms. The Hall–Kier alpha value is -3.11. The van der Waals surface area contributed by atoms with Gasteiger partial charge in [0.05, 0.1) is 36.5 Å². The zero-order valence-corrected chi connectivity index (χ0v) is 22.0. The minimum absolute atomic E-state index is 0.109. The highest BCUT2D eigenvalue weighted by molar-refractivity contribution is 9.10. The summed E-state index contributed by atoms with van der Waals surface area (Å²) in [5, 5.41) is 3.30. The van der Waals surface area contributed by atoms with Crippen molar-refractivity contribution in [2.75, 3.05) is 44.4 Å². The Bertz CT molecular complexity index is 1320. The lowest BCUT2D eigenvalue weighted by atomic mass is 10.0. The van der Waals surface area contributed by atoms with Crippen LogP contribution in [0.1, 0.15) is 20.8 Å². The standard InChI is InChI=1S/C26H29BrFN3O5/c1-26(2,3)36-25(33)29-8-11-35-23-18-6-5-17(28)15-19(18)24(32)30-22(23)16-4-7-21(20(27)14-16)31-9-12-34-13-10-31/h4-7,14-15H,8-13H2,1-3H3,(H,29,33)(H,30,32). The molecular formula is C26H29BrFN3O5. The molecule has 10 heteroatoms. The molecule has 0 atom stereocenters. The first-order valence-electron chi connectivity index (χ1n) is 11.7. The quantitative estimate of drug-likeness (QED) is 0.418. The number of morpholine rings is 1. The molecule has 0 spiro atoms. The molecule has 1 aliphatic rings. The molecule has 1 saturated heterocycles. The minimum atomic E-state index is -0.613. The van der Waals surface area contributed by atoms with Gasteiger partial charge in [0.2, 0.25) is 0 Å². The van der Waals surface area contributed by atoms with Gasteiger partial charge in [0.15, 0.2) is 5.75 Å². The molecule has 2 aromatic carbocycles. The van der Waals surface area contributed by atoms with Gasteiger partial charge >= 0.3 is 6.09 Å². The van der Waals surface area contributed by atoms with Crippen LogP contribution >= 0.6 is 15.9 Å². The first-order chi connectivity index (χ1) is 17.1. The fourth-order valence-electron chi connectivity index (χ4n) is 3.97. The van der Waals surface area contributed by atoms with Crippen molar-refractivity contribution >= 4 is 38.5 Å². The summed E-state index contributed by atoms with van der Waals surface area (Å²) in [4.78, 5) is 29.9. The molecule has 0 bridgehead atoms. The maximum Gasteiger partial charge on any atom is 0.407 e. The Balaban J connectivity index is 1.64. The number of nitrogens with one attached hydrogen (secondary N) is 2. The van der Waals surface area contributed by atoms with Crippen molar-refractivity contribution in [1.82, 2.24) is 10.3 Å². The number of hydrogen-bond acceptors (Lipinski definition) is 6. The largest absolute Gasteiger partial charge is 0.489 e. The lowest BCUT2D eigenvalue weighted by Crippen LogP contribution is -2.36. The smallest absolute Gasteiger partial charge is 0.407 e. The van der Waals surface area contributed by atoms with Crippen LogP contribution in [0.4, 0.5) is 14.9 Å². The number of aromatic nitrogens is 1. The van der Waals surface area contributed by atoms with Crippen LogP contribution in [0.2, 0.25) is 0 Å². The van der Waals surface area contributed by atoms with E-state index in [2.05, 4.69) is 31.1 Å². The molecule has 1 fully saturated rings. The van der Waals surface area contributed by atoms with Gasteiger partial charge in [0, 0.05) is 28.5 Å². The molecule has 192 valence electrons. The van der Waals surface area contributed by atoms with Crippen molar-refractivity contribution in [2.45, 2.75) is 26.4 Å². The number of carbonyl (C=O) groups is 1. The maximum absolute atomic E-state index is 13.9. The van der Waals surface area contributed by atoms with E-state index >= 15 is 0 Å². The molecule has 1 aromatic heterocycles. The van der Waals surface area contributed by atoms with E-state index in [0.29, 0.717) is 30.0 Å². The van der Waals surface area contributed by atoms with Crippen molar-refractivity contribution in [1.29, 1.82) is 0 Å². The monoisotopic (exact) mass is 561 g/mol. The highest BCUT2D eigenvalue weighted by Crippen LogP contribution is 2.37. The van der Waals surface area contributed by atoms with E-state index in [1.54, 1.807) is 20.8 Å². The van der Waals surface area contributed by atoms with Crippen LogP contribution in [0.25, 0.3) is 22.0 Å². The van der Waals surface area contributed by atoms with Gasteiger partial charge in [-0.05, 0) is 67.0 Å². The number of amides is 1. The Morgan fingerprint density at radius 3 is 2.61 bits per heavy atom. The van der Waals surface area contributed by atoms with E-state index < -0.39 is 23.1 Å². The average Bonchev–Trinajstić information content (AvgIpc) is 2.82. The fourth-order valence-corrected chi connectivity index (χ4v) is 4.60. The molecule has 1 amide bonds. The molecule has 1 aliphatic heterocycles. The first kappa shape index (κ1) is 26.0. The third kappa shape index (κ3) is 6.17. The number of nitrogens with zero attached hydrogens (tertiary/aromatic N) is 1. The molecule has 4 rings (SSSR count). The summed E-state index contributed by atoms with van der Waals surface area (Å²) >= 11 is 3.66. The van der Waals surface area contributed by atoms with Gasteiger partial charge in [-0.3, -0.25) is 4.79 Å². The second kappa shape index (κ2) is 10.9. The van der Waals surface area contributed by atoms with Gasteiger partial charge in [-0.15, -0.1) is 0 Å². The summed E-state index contributed by atoms with van der Waals surface area (Å²) in [5.74, 6) is -0.127. The summed E-state index contributed by atoms with van der Waals surface area (Å²) in [6, 6.07) is 9.79. The van der Waals surface area contributed by atoms with Gasteiger partial charge in [-0.25, -0.2) is 9.18 Å². The number of anilines is 1. The van der Waals surface area contributed by atoms with E-state index in [1.807, 2.05) is 18.2 Å². The predicted molar refractivity (Wildman–Crippen MR) is 140 cm³/mol. The topological polar surface area (TPSA) is 92.9 Å². The molecule has 0 radical (unpaired) electrons. The van der Waals surface area contributed by atoms with Crippen molar-refractivity contribution < 1.29 is 23.4 Å². The second-order valence-corrected chi connectivity index (χ2v) is 10.2. The summed E-state index contributed by atoms with van der Waals surface area (Å²) in [6.45, 7) is 8.53. The summed E-state index contributed by atoms with van der Waals surface area (Å²) < 4.78 is 31.5. The van der Waals surface area contributed by atoms with Crippen LogP contribution in [-0.2, 0) is 9.47 Å². The number of rotatable bonds is 6. The van der Waals surface area contributed by atoms with Crippen LogP contribution in [0.5, 0.6) is 5.75 Å². The number of hydrogen-bond donors (Lipinski definition) is 2. The van der Waals surface area contributed by atoms with E-state index in [9.17, 15) is 14.0 Å². The first-order valence-corrected chi connectivity index (χ1v) is 12.5. The van der Waals surface area contributed by atoms with Crippen LogP contribution in [-0.4, -0.2) is 56.1 Å². The molecule has 8 nitrogen and oxygen atoms in total. The highest BCUT2D eigenvalue weighted by atomic mass is 79.9. The van der Waals surface area contributed by atoms with Gasteiger partial charge in [-0.2, -0.15) is 0 Å². The third-order valence-electron chi connectivity index (χ3n) is 5.54. The number of ether oxygens (including phenoxy) is 3. The fraction of sp³-hybridized carbons (Fsp3) is 0.385. The Kier molecular flexibility index (Phi) is 7.85. The van der Waals surface area contributed by atoms with E-state index in [4.69, 9.17) is 14.2 Å². The van der Waals surface area contributed by atoms with Crippen LogP contribution < -0.4 is 20.5 Å². The van der Waals surface area contributed by atoms with Crippen LogP contribution in [0.3, 0.4) is 0 Å². The lowest BCUT2D eigenvalue weighted by molar-refractivity contribution is 0.0520. The van der Waals surface area contributed by atoms with E-state index in [0.717, 1.165) is 28.8 Å². The summed E-state index contributed by atoms with van der Waals surface area (Å²) in [7, 11) is 0. The van der Waals surface area contributed by atoms with Gasteiger partial charge in [0.25, 0.3) is 5.56 Å². The summed E-state index contributed by atoms with van der Waals surface area (Å²) in [6.07, 6.45) is -0.553. The lowest BCUT2D eigenvalue weighted by Gasteiger charge is -2.30. The number of halogens is 2. The summed E-state index contributed by atoms with van der Waals surface area (Å²) in [5.41, 5.74) is 1.17. The number of alkyl carbamates (subject to hydrolysis) is 1. The number of pyridine rings is 1. The second-order valence-electron chi connectivity index (χ2n) is 9.39. The zero-order valence-electron chi connectivity index (χ0n) is 20.5. The number of H-pyrrole nitrogens is 1. The highest BCUT2D eigenvalue weighted by Gasteiger charge is 2.19. The molecule has 0 aliphatic carbocycles. The maximum atomic E-state index is 13.9. The zero-order chi connectivity index (χ0) is 25.9. The van der Waals surface area contributed by atoms with Crippen molar-refractivity contribution in [3.63, 3.8) is 0 Å². The number of carbonyl (C=O) groups excluding carboxylic acids is 1. The molecular weight excluding hydrogens is 533 g/mol. The predicted octanol–water partition coefficient (Wildman–Crippen LogP) is 4.84. The van der Waals surface area contributed by atoms with Gasteiger partial charge in [-0.1, -0.05) is 6.07 Å². The van der Waals surface area contributed by atoms with Crippen molar-refractivity contribution in [2.24, 2.45) is 0 Å². The molecule has 0 saturated carbocycles. The van der Waals surface area contributed by atoms with Crippen LogP contribution in [0, 0.1) is 5.82 Å². The minimum Gasteiger partial charge on any atom is -0.489 e. The Morgan fingerprint density at radius 1 is 1.17 bits per heavy atom. The Morgan fingerprint density at radius 2 is 1.92 bits per heavy atom. The number of fused-ring (bicyclic) bond motifs is 1. The normalized spacial score (nSPS) is 14.1. The average molecular weight is 562 g/mol. The molecule has 2 heterocycles. The number of benzene rings is 2. The van der Waals surface area contributed by atoms with Crippen molar-refractivity contribution in [3.05, 3.63) is 57.0 Å². The van der Waals surface area contributed by atoms with Crippen molar-refractivity contribution in [3.8, 4) is 17.0 Å². The SMILES string of the molecule is CC(C)(C)OC(=O)NCCOc1c(-c2ccc(N3CCOCC3)c(Br)c2)[nH]c(=O)c2cc(F)ccc12. The third-order valence-corrected chi connectivity index (χ3v) is 6.18. The molecule has 2 N–H and O–H groups in total. The van der Waals surface area contributed by atoms with E-state index in [-0.39, 0.29) is 18.5 Å². The number of aromatic amines is 1. The van der Waals surface area contributed by atoms with Gasteiger partial charge in [0.1, 0.15) is 18.0 Å². The molecule has 0 unspecified atom stereocenters. The van der Waals surface area contributed by atoms with Crippen LogP contribution in [0.15, 0.2) is 45.7 Å². The van der Waals surface area contributed by atoms with Gasteiger partial charge < -0.3 is 29.4 Å². The van der Waals surface area contributed by atoms with E-state index in [1.165, 1.54) is 18.2 Å².